The third-order valence-electron chi connectivity index (χ3n) is 1.77. The van der Waals surface area contributed by atoms with Crippen molar-refractivity contribution >= 4 is 35.5 Å². The molecule has 1 heterocycles. The fourth-order valence-corrected chi connectivity index (χ4v) is 3.77. The van der Waals surface area contributed by atoms with Crippen molar-refractivity contribution in [1.29, 1.82) is 0 Å². The molecule has 16 heavy (non-hydrogen) atoms. The summed E-state index contributed by atoms with van der Waals surface area (Å²) in [6.45, 7) is 0. The van der Waals surface area contributed by atoms with Crippen molar-refractivity contribution in [2.75, 3.05) is 25.7 Å². The molecule has 0 amide bonds. The van der Waals surface area contributed by atoms with E-state index in [1.165, 1.54) is 0 Å². The van der Waals surface area contributed by atoms with Gasteiger partial charge in [0.2, 0.25) is 0 Å². The summed E-state index contributed by atoms with van der Waals surface area (Å²) < 4.78 is 7.36. The van der Waals surface area contributed by atoms with Gasteiger partial charge in [0.1, 0.15) is 0 Å². The largest absolute Gasteiger partial charge is 1.00 e. The van der Waals surface area contributed by atoms with Gasteiger partial charge in [-0.25, -0.2) is 0 Å². The molecule has 0 aliphatic carbocycles. The number of hydrogen-bond donors (Lipinski definition) is 1. The maximum atomic E-state index is 11.4. The fraction of sp³-hybridized carbons (Fsp3) is 0.625. The van der Waals surface area contributed by atoms with E-state index in [1.54, 1.807) is 0 Å². The van der Waals surface area contributed by atoms with Gasteiger partial charge in [0, 0.05) is 11.5 Å². The third kappa shape index (κ3) is 3.81. The Kier molecular flexibility index (Phi) is 8.04. The van der Waals surface area contributed by atoms with Gasteiger partial charge in [-0.2, -0.15) is 0 Å². The van der Waals surface area contributed by atoms with Crippen molar-refractivity contribution in [3.8, 4) is 0 Å². The smallest absolute Gasteiger partial charge is 0.490 e. The number of ether oxygens (including phenoxy) is 2. The van der Waals surface area contributed by atoms with E-state index in [1.807, 2.05) is 0 Å². The number of methoxy groups -OCH3 is 2. The van der Waals surface area contributed by atoms with Gasteiger partial charge in [0.05, 0.1) is 18.5 Å². The Morgan fingerprint density at radius 3 is 1.88 bits per heavy atom. The molecule has 0 spiro atoms. The molecule has 0 atom stereocenters. The minimum absolute atomic E-state index is 0. The Hall–Kier alpha value is 1.11. The molecule has 5 nitrogen and oxygen atoms in total. The van der Waals surface area contributed by atoms with Crippen LogP contribution in [0.4, 0.5) is 0 Å². The van der Waals surface area contributed by atoms with Crippen molar-refractivity contribution in [2.24, 2.45) is 0 Å². The zero-order valence-electron chi connectivity index (χ0n) is 9.31. The fourth-order valence-electron chi connectivity index (χ4n) is 1.09. The number of aliphatic hydroxyl groups is 1. The Labute approximate surface area is 145 Å². The molecule has 1 N–H and O–H groups in total. The molecular weight excluding hydrogens is 279 g/mol. The zero-order valence-corrected chi connectivity index (χ0v) is 14.1. The molecule has 0 saturated carbocycles. The SMILES string of the molecule is COC(=O)[C-](C(=O)OC)C1(O)SCCS1.[K+]. The first kappa shape index (κ1) is 17.1. The van der Waals surface area contributed by atoms with Crippen LogP contribution < -0.4 is 51.4 Å². The molecule has 1 fully saturated rings. The van der Waals surface area contributed by atoms with Crippen LogP contribution in [-0.2, 0) is 19.1 Å². The monoisotopic (exact) mass is 290 g/mol. The Morgan fingerprint density at radius 2 is 1.56 bits per heavy atom. The molecule has 0 aromatic heterocycles. The summed E-state index contributed by atoms with van der Waals surface area (Å²) in [7, 11) is 2.30. The second-order valence-electron chi connectivity index (χ2n) is 2.64. The van der Waals surface area contributed by atoms with Crippen LogP contribution in [0.2, 0.25) is 0 Å². The van der Waals surface area contributed by atoms with E-state index in [0.717, 1.165) is 37.7 Å². The number of esters is 2. The third-order valence-corrected chi connectivity index (χ3v) is 4.75. The van der Waals surface area contributed by atoms with Crippen molar-refractivity contribution in [3.63, 3.8) is 0 Å². The second-order valence-corrected chi connectivity index (χ2v) is 5.47. The number of carbonyl (C=O) groups excluding carboxylic acids is 2. The first-order valence-electron chi connectivity index (χ1n) is 4.09. The van der Waals surface area contributed by atoms with E-state index in [-0.39, 0.29) is 57.3 Å². The molecule has 0 aromatic carbocycles. The molecule has 1 aliphatic heterocycles. The van der Waals surface area contributed by atoms with Gasteiger partial charge in [-0.05, 0) is 0 Å². The Balaban J connectivity index is 0.00000225. The maximum Gasteiger partial charge on any atom is 1.00 e. The predicted molar refractivity (Wildman–Crippen MR) is 57.1 cm³/mol. The van der Waals surface area contributed by atoms with Gasteiger partial charge in [-0.1, -0.05) is 0 Å². The van der Waals surface area contributed by atoms with Crippen LogP contribution in [0.25, 0.3) is 0 Å². The molecular formula is C8H11KO5S2. The molecule has 0 aromatic rings. The average Bonchev–Trinajstić information content (AvgIpc) is 2.65. The van der Waals surface area contributed by atoms with Crippen LogP contribution in [-0.4, -0.2) is 47.0 Å². The summed E-state index contributed by atoms with van der Waals surface area (Å²) in [6, 6.07) is 0. The topological polar surface area (TPSA) is 72.8 Å². The molecule has 1 rings (SSSR count). The van der Waals surface area contributed by atoms with Crippen LogP contribution in [0, 0.1) is 5.92 Å². The van der Waals surface area contributed by atoms with Crippen LogP contribution in [0.1, 0.15) is 0 Å². The van der Waals surface area contributed by atoms with E-state index >= 15 is 0 Å². The molecule has 8 heteroatoms. The van der Waals surface area contributed by atoms with Gasteiger partial charge in [-0.15, -0.1) is 29.4 Å². The molecule has 1 saturated heterocycles. The zero-order chi connectivity index (χ0) is 11.5. The van der Waals surface area contributed by atoms with Gasteiger partial charge in [0.25, 0.3) is 0 Å². The van der Waals surface area contributed by atoms with Crippen LogP contribution in [0.5, 0.6) is 0 Å². The average molecular weight is 290 g/mol. The number of rotatable bonds is 3. The summed E-state index contributed by atoms with van der Waals surface area (Å²) in [5.74, 6) is -0.741. The minimum Gasteiger partial charge on any atom is -0.490 e. The van der Waals surface area contributed by atoms with Crippen molar-refractivity contribution < 1.29 is 75.6 Å². The van der Waals surface area contributed by atoms with Crippen molar-refractivity contribution in [3.05, 3.63) is 5.92 Å². The van der Waals surface area contributed by atoms with E-state index in [9.17, 15) is 14.7 Å². The van der Waals surface area contributed by atoms with Gasteiger partial charge < -0.3 is 14.6 Å². The number of hydrogen-bond acceptors (Lipinski definition) is 7. The predicted octanol–water partition coefficient (Wildman–Crippen LogP) is -2.96. The number of thioether (sulfide) groups is 2. The summed E-state index contributed by atoms with van der Waals surface area (Å²) in [4.78, 5) is 22.7. The van der Waals surface area contributed by atoms with Gasteiger partial charge in [-0.3, -0.25) is 9.59 Å². The van der Waals surface area contributed by atoms with E-state index in [4.69, 9.17) is 0 Å². The van der Waals surface area contributed by atoms with E-state index < -0.39 is 16.2 Å². The van der Waals surface area contributed by atoms with Crippen molar-refractivity contribution in [2.45, 2.75) is 4.27 Å². The molecule has 86 valence electrons. The first-order chi connectivity index (χ1) is 7.05. The Morgan fingerprint density at radius 1 is 1.19 bits per heavy atom. The summed E-state index contributed by atoms with van der Waals surface area (Å²) >= 11 is 2.24. The Bertz CT molecular complexity index is 251. The standard InChI is InChI=1S/C8H11O5S2.K/c1-12-6(9)5(7(10)13-2)8(11)14-3-4-15-8;/h11H,3-4H2,1-2H3;/q-1;+1. The second kappa shape index (κ2) is 7.52. The maximum absolute atomic E-state index is 11.4. The van der Waals surface area contributed by atoms with Crippen LogP contribution in [0.15, 0.2) is 0 Å². The van der Waals surface area contributed by atoms with Crippen LogP contribution >= 0.6 is 23.5 Å². The van der Waals surface area contributed by atoms with Gasteiger partial charge >= 0.3 is 51.4 Å². The summed E-state index contributed by atoms with van der Waals surface area (Å²) in [6.07, 6.45) is 0. The minimum atomic E-state index is -1.54. The summed E-state index contributed by atoms with van der Waals surface area (Å²) in [5, 5.41) is 10.0. The normalized spacial score (nSPS) is 17.2. The number of carbonyl (C=O) groups is 2. The van der Waals surface area contributed by atoms with E-state index in [2.05, 4.69) is 9.47 Å². The summed E-state index contributed by atoms with van der Waals surface area (Å²) in [5.41, 5.74) is 0. The molecule has 0 unspecified atom stereocenters. The molecule has 0 bridgehead atoms. The van der Waals surface area contributed by atoms with Gasteiger partial charge in [0.15, 0.2) is 11.9 Å². The molecule has 1 aliphatic rings. The van der Waals surface area contributed by atoms with E-state index in [0.29, 0.717) is 11.5 Å². The quantitative estimate of drug-likeness (QED) is 0.258. The van der Waals surface area contributed by atoms with Crippen molar-refractivity contribution in [1.82, 2.24) is 0 Å². The first-order valence-corrected chi connectivity index (χ1v) is 6.06. The molecule has 0 radical (unpaired) electrons. The van der Waals surface area contributed by atoms with Crippen LogP contribution in [0.3, 0.4) is 0 Å².